The molecule has 0 aromatic carbocycles. The Morgan fingerprint density at radius 3 is 2.10 bits per heavy atom. The first-order valence-corrected chi connectivity index (χ1v) is 15.3. The first-order chi connectivity index (χ1) is 17.3. The lowest BCUT2D eigenvalue weighted by Gasteiger charge is -2.56. The van der Waals surface area contributed by atoms with Crippen molar-refractivity contribution < 1.29 is 23.9 Å². The SMILES string of the molecule is C.C.C.C.CCC1(OC(=O)C2CC3CC2C(C2CC4C(=O)OC(=O)C4CC2C)C3C)CC2C3CCCC3C3CC231. The van der Waals surface area contributed by atoms with E-state index in [9.17, 15) is 14.4 Å². The molecule has 5 nitrogen and oxygen atoms in total. The summed E-state index contributed by atoms with van der Waals surface area (Å²) in [6.45, 7) is 6.89. The van der Waals surface area contributed by atoms with Crippen LogP contribution in [0.1, 0.15) is 115 Å². The highest BCUT2D eigenvalue weighted by atomic mass is 16.6. The molecule has 8 aliphatic rings. The summed E-state index contributed by atoms with van der Waals surface area (Å²) in [6.07, 6.45) is 11.3. The van der Waals surface area contributed by atoms with E-state index in [-0.39, 0.29) is 71.0 Å². The van der Waals surface area contributed by atoms with Crippen LogP contribution in [0.3, 0.4) is 0 Å². The van der Waals surface area contributed by atoms with E-state index in [1.807, 2.05) is 0 Å². The summed E-state index contributed by atoms with van der Waals surface area (Å²) in [7, 11) is 0. The van der Waals surface area contributed by atoms with Gasteiger partial charge in [-0.25, -0.2) is 0 Å². The third kappa shape index (κ3) is 3.60. The fourth-order valence-electron chi connectivity index (χ4n) is 12.6. The highest BCUT2D eigenvalue weighted by Gasteiger charge is 2.85. The van der Waals surface area contributed by atoms with Gasteiger partial charge in [-0.05, 0) is 117 Å². The lowest BCUT2D eigenvalue weighted by molar-refractivity contribution is -0.215. The minimum atomic E-state index is -0.310. The van der Waals surface area contributed by atoms with Crippen molar-refractivity contribution in [2.45, 2.75) is 120 Å². The average molecular weight is 559 g/mol. The number of hydrogen-bond acceptors (Lipinski definition) is 5. The summed E-state index contributed by atoms with van der Waals surface area (Å²) in [5, 5.41) is 0. The monoisotopic (exact) mass is 558 g/mol. The van der Waals surface area contributed by atoms with Crippen LogP contribution in [-0.2, 0) is 23.9 Å². The molecule has 8 rings (SSSR count). The molecule has 0 radical (unpaired) electrons. The Bertz CT molecular complexity index is 1030. The lowest BCUT2D eigenvalue weighted by Crippen LogP contribution is -2.59. The van der Waals surface area contributed by atoms with Crippen LogP contribution >= 0.6 is 0 Å². The third-order valence-electron chi connectivity index (χ3n) is 14.1. The van der Waals surface area contributed by atoms with E-state index >= 15 is 0 Å². The number of esters is 3. The van der Waals surface area contributed by atoms with Crippen LogP contribution in [0.4, 0.5) is 0 Å². The first-order valence-electron chi connectivity index (χ1n) is 15.3. The van der Waals surface area contributed by atoms with Crippen molar-refractivity contribution in [2.75, 3.05) is 0 Å². The molecule has 0 N–H and O–H groups in total. The number of cyclic esters (lactones) is 2. The quantitative estimate of drug-likeness (QED) is 0.259. The molecule has 0 aromatic heterocycles. The van der Waals surface area contributed by atoms with Crippen LogP contribution in [-0.4, -0.2) is 23.5 Å². The standard InChI is InChI=1S/C31H42O5.4CH4/c1-4-30(12-24-17-6-5-7-18(17)25-13-31(24,25)30)36-29(34)22-10-16-9-20(22)26(15(16)3)19-11-23-21(8-14(19)2)27(32)35-28(23)33;;;;/h14-26H,4-13H2,1-3H3;4*1H4. The fourth-order valence-corrected chi connectivity index (χ4v) is 12.6. The highest BCUT2D eigenvalue weighted by molar-refractivity contribution is 5.96. The molecule has 1 aliphatic heterocycles. The summed E-state index contributed by atoms with van der Waals surface area (Å²) in [5.41, 5.74) is 0.145. The van der Waals surface area contributed by atoms with Gasteiger partial charge in [0.1, 0.15) is 5.60 Å². The van der Waals surface area contributed by atoms with Gasteiger partial charge < -0.3 is 9.47 Å². The molecule has 0 amide bonds. The Morgan fingerprint density at radius 2 is 1.48 bits per heavy atom. The molecule has 5 heteroatoms. The van der Waals surface area contributed by atoms with E-state index in [1.54, 1.807) is 0 Å². The normalized spacial score (nSPS) is 53.6. The van der Waals surface area contributed by atoms with Gasteiger partial charge in [0.05, 0.1) is 17.8 Å². The van der Waals surface area contributed by atoms with Gasteiger partial charge >= 0.3 is 17.9 Å². The van der Waals surface area contributed by atoms with Gasteiger partial charge in [-0.3, -0.25) is 14.4 Å². The second kappa shape index (κ2) is 10.1. The van der Waals surface area contributed by atoms with Crippen LogP contribution in [0, 0.1) is 82.3 Å². The van der Waals surface area contributed by atoms with E-state index in [2.05, 4.69) is 20.8 Å². The Kier molecular flexibility index (Phi) is 7.97. The number of ether oxygens (including phenoxy) is 2. The average Bonchev–Trinajstić information content (AvgIpc) is 3.19. The Labute approximate surface area is 244 Å². The summed E-state index contributed by atoms with van der Waals surface area (Å²) < 4.78 is 11.7. The summed E-state index contributed by atoms with van der Waals surface area (Å²) in [6, 6.07) is 0. The number of rotatable bonds is 4. The molecular formula is C35H58O5. The van der Waals surface area contributed by atoms with Gasteiger partial charge in [-0.15, -0.1) is 0 Å². The van der Waals surface area contributed by atoms with Gasteiger partial charge in [-0.2, -0.15) is 0 Å². The highest BCUT2D eigenvalue weighted by Crippen LogP contribution is 2.86. The third-order valence-corrected chi connectivity index (χ3v) is 14.1. The largest absolute Gasteiger partial charge is 0.458 e. The maximum absolute atomic E-state index is 14.0. The molecule has 228 valence electrons. The molecule has 2 bridgehead atoms. The van der Waals surface area contributed by atoms with Crippen LogP contribution in [0.2, 0.25) is 0 Å². The minimum Gasteiger partial charge on any atom is -0.458 e. The first kappa shape index (κ1) is 31.5. The molecule has 15 unspecified atom stereocenters. The maximum Gasteiger partial charge on any atom is 0.317 e. The molecule has 7 aliphatic carbocycles. The van der Waals surface area contributed by atoms with Crippen LogP contribution in [0.15, 0.2) is 0 Å². The molecule has 1 heterocycles. The fraction of sp³-hybridized carbons (Fsp3) is 0.914. The number of carbonyl (C=O) groups is 3. The van der Waals surface area contributed by atoms with Gasteiger partial charge in [0, 0.05) is 5.41 Å². The van der Waals surface area contributed by atoms with Crippen molar-refractivity contribution in [3.8, 4) is 0 Å². The van der Waals surface area contributed by atoms with Gasteiger partial charge in [0.2, 0.25) is 0 Å². The van der Waals surface area contributed by atoms with Crippen molar-refractivity contribution in [3.63, 3.8) is 0 Å². The smallest absolute Gasteiger partial charge is 0.317 e. The van der Waals surface area contributed by atoms with Crippen LogP contribution in [0.25, 0.3) is 0 Å². The van der Waals surface area contributed by atoms with Gasteiger partial charge in [0.15, 0.2) is 0 Å². The van der Waals surface area contributed by atoms with Crippen LogP contribution in [0.5, 0.6) is 0 Å². The number of carbonyl (C=O) groups excluding carboxylic acids is 3. The van der Waals surface area contributed by atoms with Gasteiger partial charge in [0.25, 0.3) is 0 Å². The molecular weight excluding hydrogens is 500 g/mol. The molecule has 15 atom stereocenters. The predicted octanol–water partition coefficient (Wildman–Crippen LogP) is 7.95. The molecule has 8 fully saturated rings. The van der Waals surface area contributed by atoms with Crippen molar-refractivity contribution in [1.29, 1.82) is 0 Å². The van der Waals surface area contributed by atoms with Crippen molar-refractivity contribution in [3.05, 3.63) is 0 Å². The molecule has 1 saturated heterocycles. The lowest BCUT2D eigenvalue weighted by atomic mass is 9.55. The summed E-state index contributed by atoms with van der Waals surface area (Å²) in [5.74, 6) is 5.23. The van der Waals surface area contributed by atoms with E-state index in [1.165, 1.54) is 25.7 Å². The van der Waals surface area contributed by atoms with E-state index in [0.717, 1.165) is 62.2 Å². The molecule has 0 aromatic rings. The topological polar surface area (TPSA) is 69.7 Å². The van der Waals surface area contributed by atoms with E-state index in [4.69, 9.17) is 9.47 Å². The summed E-state index contributed by atoms with van der Waals surface area (Å²) in [4.78, 5) is 38.5. The van der Waals surface area contributed by atoms with Crippen molar-refractivity contribution >= 4 is 17.9 Å². The molecule has 1 spiro atoms. The minimum absolute atomic E-state index is 0. The predicted molar refractivity (Wildman–Crippen MR) is 158 cm³/mol. The zero-order chi connectivity index (χ0) is 24.7. The van der Waals surface area contributed by atoms with E-state index in [0.29, 0.717) is 40.9 Å². The Morgan fingerprint density at radius 1 is 0.850 bits per heavy atom. The number of hydrogen-bond donors (Lipinski definition) is 0. The zero-order valence-electron chi connectivity index (χ0n) is 22.1. The second-order valence-electron chi connectivity index (χ2n) is 14.7. The molecule has 40 heavy (non-hydrogen) atoms. The van der Waals surface area contributed by atoms with Crippen molar-refractivity contribution in [2.24, 2.45) is 82.3 Å². The number of fused-ring (bicyclic) bond motifs is 6. The molecule has 7 saturated carbocycles. The van der Waals surface area contributed by atoms with Crippen LogP contribution < -0.4 is 0 Å². The van der Waals surface area contributed by atoms with Gasteiger partial charge in [-0.1, -0.05) is 56.9 Å². The second-order valence-corrected chi connectivity index (χ2v) is 14.7. The summed E-state index contributed by atoms with van der Waals surface area (Å²) >= 11 is 0. The van der Waals surface area contributed by atoms with Crippen molar-refractivity contribution in [1.82, 2.24) is 0 Å². The maximum atomic E-state index is 14.0. The van der Waals surface area contributed by atoms with E-state index < -0.39 is 0 Å². The Balaban J connectivity index is 0.000000924. The Hall–Kier alpha value is -1.39. The zero-order valence-corrected chi connectivity index (χ0v) is 22.1.